The quantitative estimate of drug-likeness (QED) is 0.501. The molecule has 3 nitrogen and oxygen atoms in total. The van der Waals surface area contributed by atoms with Crippen molar-refractivity contribution in [2.75, 3.05) is 0 Å². The van der Waals surface area contributed by atoms with E-state index in [1.54, 1.807) is 0 Å². The van der Waals surface area contributed by atoms with Gasteiger partial charge in [-0.3, -0.25) is 0 Å². The molecule has 0 aliphatic heterocycles. The molecule has 0 N–H and O–H groups in total. The Balaban J connectivity index is 0. The van der Waals surface area contributed by atoms with Gasteiger partial charge in [-0.25, -0.2) is 0 Å². The third-order valence-corrected chi connectivity index (χ3v) is 0.218. The summed E-state index contributed by atoms with van der Waals surface area (Å²) in [5, 5.41) is 0. The second-order valence-corrected chi connectivity index (χ2v) is 0.556. The van der Waals surface area contributed by atoms with Crippen LogP contribution < -0.4 is 0 Å². The van der Waals surface area contributed by atoms with Crippen LogP contribution in [0.4, 0.5) is 13.6 Å². The Hall–Kier alpha value is 0.267. The van der Waals surface area contributed by atoms with Crippen molar-refractivity contribution >= 4 is 24.7 Å². The lowest BCUT2D eigenvalue weighted by Crippen LogP contribution is -2.15. The molecule has 0 saturated carbocycles. The Kier molecular flexibility index (Phi) is 10.1. The SMILES string of the molecule is FOB(OF)OF.[AlH3]. The fourth-order valence-corrected chi connectivity index (χ4v) is 0.0412. The molecule has 0 unspecified atom stereocenters. The number of halogens is 3. The predicted molar refractivity (Wildman–Crippen MR) is 22.3 cm³/mol. The highest BCUT2D eigenvalue weighted by Crippen LogP contribution is 1.91. The van der Waals surface area contributed by atoms with Crippen LogP contribution >= 0.6 is 0 Å². The van der Waals surface area contributed by atoms with Crippen molar-refractivity contribution in [2.24, 2.45) is 0 Å². The first kappa shape index (κ1) is 11.1. The molecule has 0 aliphatic rings. The molecule has 0 bridgehead atoms. The van der Waals surface area contributed by atoms with E-state index in [4.69, 9.17) is 0 Å². The van der Waals surface area contributed by atoms with E-state index in [2.05, 4.69) is 14.6 Å². The molecule has 0 radical (unpaired) electrons. The minimum absolute atomic E-state index is 0. The Morgan fingerprint density at radius 3 is 1.12 bits per heavy atom. The molecule has 8 heavy (non-hydrogen) atoms. The van der Waals surface area contributed by atoms with Crippen molar-refractivity contribution in [2.45, 2.75) is 0 Å². The molecule has 0 fully saturated rings. The fraction of sp³-hybridized carbons (Fsp3) is 0. The van der Waals surface area contributed by atoms with E-state index >= 15 is 0 Å². The van der Waals surface area contributed by atoms with Crippen LogP contribution in [-0.2, 0) is 14.6 Å². The van der Waals surface area contributed by atoms with Gasteiger partial charge >= 0.3 is 7.32 Å². The second-order valence-electron chi connectivity index (χ2n) is 0.556. The number of rotatable bonds is 3. The van der Waals surface area contributed by atoms with Gasteiger partial charge in [0.05, 0.1) is 0 Å². The normalized spacial score (nSPS) is 7.88. The van der Waals surface area contributed by atoms with E-state index in [1.807, 2.05) is 0 Å². The minimum Gasteiger partial charge on any atom is -0.185 e. The van der Waals surface area contributed by atoms with Crippen molar-refractivity contribution in [1.29, 1.82) is 0 Å². The third kappa shape index (κ3) is 4.43. The highest BCUT2D eigenvalue weighted by molar-refractivity contribution is 6.35. The van der Waals surface area contributed by atoms with Crippen LogP contribution in [0.25, 0.3) is 0 Å². The topological polar surface area (TPSA) is 27.7 Å². The third-order valence-electron chi connectivity index (χ3n) is 0.218. The van der Waals surface area contributed by atoms with Crippen molar-refractivity contribution in [3.8, 4) is 0 Å². The van der Waals surface area contributed by atoms with E-state index in [0.717, 1.165) is 0 Å². The summed E-state index contributed by atoms with van der Waals surface area (Å²) in [7, 11) is -2.51. The van der Waals surface area contributed by atoms with Crippen LogP contribution in [0.1, 0.15) is 0 Å². The van der Waals surface area contributed by atoms with Crippen molar-refractivity contribution in [1.82, 2.24) is 0 Å². The van der Waals surface area contributed by atoms with Gasteiger partial charge in [0.2, 0.25) is 0 Å². The molecule has 0 aromatic carbocycles. The summed E-state index contributed by atoms with van der Waals surface area (Å²) in [6.45, 7) is 0. The van der Waals surface area contributed by atoms with Crippen LogP contribution in [0.15, 0.2) is 0 Å². The second kappa shape index (κ2) is 7.27. The van der Waals surface area contributed by atoms with E-state index < -0.39 is 7.32 Å². The first-order chi connectivity index (χ1) is 3.35. The van der Waals surface area contributed by atoms with E-state index in [-0.39, 0.29) is 17.4 Å². The summed E-state index contributed by atoms with van der Waals surface area (Å²) in [5.74, 6) is 0. The molecule has 0 amide bonds. The van der Waals surface area contributed by atoms with Crippen molar-refractivity contribution < 1.29 is 28.2 Å². The highest BCUT2D eigenvalue weighted by atomic mass is 27.0. The summed E-state index contributed by atoms with van der Waals surface area (Å²) in [6, 6.07) is 0. The first-order valence-electron chi connectivity index (χ1n) is 1.17. The summed E-state index contributed by atoms with van der Waals surface area (Å²) in [6.07, 6.45) is 0. The zero-order valence-electron chi connectivity index (χ0n) is 2.94. The molecule has 48 valence electrons. The summed E-state index contributed by atoms with van der Waals surface area (Å²) in [4.78, 5) is 7.06. The molecule has 0 aromatic heterocycles. The number of hydrogen-bond acceptors (Lipinski definition) is 3. The molecule has 0 atom stereocenters. The van der Waals surface area contributed by atoms with Crippen LogP contribution in [0.2, 0.25) is 0 Å². The Bertz CT molecular complexity index is 36.0. The highest BCUT2D eigenvalue weighted by Gasteiger charge is 2.24. The van der Waals surface area contributed by atoms with E-state index in [9.17, 15) is 13.6 Å². The molecule has 0 aliphatic carbocycles. The van der Waals surface area contributed by atoms with Crippen LogP contribution in [-0.4, -0.2) is 24.7 Å². The summed E-state index contributed by atoms with van der Waals surface area (Å²) in [5.41, 5.74) is 0. The van der Waals surface area contributed by atoms with Gasteiger partial charge in [-0.05, 0) is 0 Å². The van der Waals surface area contributed by atoms with Gasteiger partial charge in [-0.1, -0.05) is 13.6 Å². The molecule has 0 aromatic rings. The van der Waals surface area contributed by atoms with Gasteiger partial charge < -0.3 is 0 Å². The summed E-state index contributed by atoms with van der Waals surface area (Å²) < 4.78 is 31.3. The maximum atomic E-state index is 10.4. The number of hydrogen-bond donors (Lipinski definition) is 0. The lowest BCUT2D eigenvalue weighted by Gasteiger charge is -1.88. The molecular weight excluding hydrogens is 143 g/mol. The lowest BCUT2D eigenvalue weighted by molar-refractivity contribution is -0.190. The van der Waals surface area contributed by atoms with Gasteiger partial charge in [0, 0.05) is 0 Å². The predicted octanol–water partition coefficient (Wildman–Crippen LogP) is -0.509. The Morgan fingerprint density at radius 1 is 0.875 bits per heavy atom. The molecule has 0 rings (SSSR count). The smallest absolute Gasteiger partial charge is 0.185 e. The van der Waals surface area contributed by atoms with Gasteiger partial charge in [-0.15, -0.1) is 0 Å². The standard InChI is InChI=1S/Al.BF3O3.3H/c;2-5-1(6-3)7-4;;;. The summed E-state index contributed by atoms with van der Waals surface area (Å²) >= 11 is 0. The van der Waals surface area contributed by atoms with Gasteiger partial charge in [0.25, 0.3) is 0 Å². The van der Waals surface area contributed by atoms with E-state index in [0.29, 0.717) is 0 Å². The van der Waals surface area contributed by atoms with Crippen molar-refractivity contribution in [3.63, 3.8) is 0 Å². The van der Waals surface area contributed by atoms with Crippen LogP contribution in [0, 0.1) is 0 Å². The van der Waals surface area contributed by atoms with Crippen LogP contribution in [0.3, 0.4) is 0 Å². The van der Waals surface area contributed by atoms with Crippen LogP contribution in [0.5, 0.6) is 0 Å². The zero-order valence-corrected chi connectivity index (χ0v) is 2.94. The zero-order chi connectivity index (χ0) is 5.70. The minimum atomic E-state index is -2.51. The Labute approximate surface area is 53.7 Å². The lowest BCUT2D eigenvalue weighted by atomic mass is 10.3. The van der Waals surface area contributed by atoms with E-state index in [1.165, 1.54) is 0 Å². The molecular formula is H3AlBF3O3. The fourth-order valence-electron chi connectivity index (χ4n) is 0.0412. The molecule has 0 spiro atoms. The van der Waals surface area contributed by atoms with Gasteiger partial charge in [-0.2, -0.15) is 14.6 Å². The monoisotopic (exact) mass is 146 g/mol. The van der Waals surface area contributed by atoms with Crippen molar-refractivity contribution in [3.05, 3.63) is 0 Å². The molecule has 8 heteroatoms. The van der Waals surface area contributed by atoms with Gasteiger partial charge in [0.1, 0.15) is 0 Å². The van der Waals surface area contributed by atoms with Gasteiger partial charge in [0.15, 0.2) is 17.4 Å². The average molecular weight is 146 g/mol. The maximum Gasteiger partial charge on any atom is 0.737 e. The largest absolute Gasteiger partial charge is 0.737 e. The maximum absolute atomic E-state index is 10.4. The molecule has 0 heterocycles. The Morgan fingerprint density at radius 2 is 1.12 bits per heavy atom. The molecule has 0 saturated heterocycles. The first-order valence-corrected chi connectivity index (χ1v) is 1.17. The average Bonchev–Trinajstić information content (AvgIpc) is 1.72.